The van der Waals surface area contributed by atoms with Crippen molar-refractivity contribution in [2.45, 2.75) is 18.6 Å². The predicted molar refractivity (Wildman–Crippen MR) is 75.0 cm³/mol. The van der Waals surface area contributed by atoms with Gasteiger partial charge in [0.2, 0.25) is 0 Å². The number of ether oxygens (including phenoxy) is 1. The molecule has 0 saturated heterocycles. The van der Waals surface area contributed by atoms with Gasteiger partial charge >= 0.3 is 0 Å². The molecule has 0 unspecified atom stereocenters. The monoisotopic (exact) mass is 261 g/mol. The number of halogens is 1. The highest BCUT2D eigenvalue weighted by Crippen LogP contribution is 2.39. The minimum atomic E-state index is 0. The van der Waals surface area contributed by atoms with E-state index < -0.39 is 0 Å². The molecule has 0 aromatic heterocycles. The lowest BCUT2D eigenvalue weighted by molar-refractivity contribution is 0.161. The normalized spacial score (nSPS) is 21.4. The second kappa shape index (κ2) is 5.42. The molecule has 2 N–H and O–H groups in total. The number of hydrogen-bond acceptors (Lipinski definition) is 2. The van der Waals surface area contributed by atoms with Gasteiger partial charge in [0, 0.05) is 18.0 Å². The highest BCUT2D eigenvalue weighted by molar-refractivity contribution is 5.85. The fourth-order valence-corrected chi connectivity index (χ4v) is 2.32. The molecule has 3 rings (SSSR count). The molecule has 0 bridgehead atoms. The van der Waals surface area contributed by atoms with E-state index in [0.29, 0.717) is 0 Å². The third-order valence-corrected chi connectivity index (χ3v) is 3.23. The molecule has 1 aliphatic heterocycles. The van der Waals surface area contributed by atoms with E-state index in [4.69, 9.17) is 10.5 Å². The van der Waals surface area contributed by atoms with Gasteiger partial charge in [-0.05, 0) is 11.6 Å². The first-order valence-electron chi connectivity index (χ1n) is 5.91. The SMILES string of the molecule is Cl.N[C@@H]1C[C@@H](c2ccccc2)Oc2ccccc21. The quantitative estimate of drug-likeness (QED) is 0.851. The van der Waals surface area contributed by atoms with Crippen LogP contribution in [-0.2, 0) is 0 Å². The molecular formula is C15H16ClNO. The van der Waals surface area contributed by atoms with Crippen LogP contribution in [0.3, 0.4) is 0 Å². The maximum atomic E-state index is 6.19. The summed E-state index contributed by atoms with van der Waals surface area (Å²) in [5, 5.41) is 0. The second-order valence-corrected chi connectivity index (χ2v) is 4.40. The van der Waals surface area contributed by atoms with Crippen molar-refractivity contribution in [1.82, 2.24) is 0 Å². The molecule has 0 saturated carbocycles. The van der Waals surface area contributed by atoms with Gasteiger partial charge in [0.15, 0.2) is 0 Å². The Bertz CT molecular complexity index is 515. The predicted octanol–water partition coefficient (Wildman–Crippen LogP) is 3.63. The number of hydrogen-bond donors (Lipinski definition) is 1. The van der Waals surface area contributed by atoms with Crippen LogP contribution < -0.4 is 10.5 Å². The molecule has 1 aliphatic rings. The molecule has 0 spiro atoms. The summed E-state index contributed by atoms with van der Waals surface area (Å²) in [6.07, 6.45) is 0.905. The summed E-state index contributed by atoms with van der Waals surface area (Å²) in [5.74, 6) is 0.917. The fourth-order valence-electron chi connectivity index (χ4n) is 2.32. The van der Waals surface area contributed by atoms with Crippen LogP contribution in [0.5, 0.6) is 5.75 Å². The molecule has 2 aromatic carbocycles. The maximum Gasteiger partial charge on any atom is 0.126 e. The number of fused-ring (bicyclic) bond motifs is 1. The molecule has 0 fully saturated rings. The summed E-state index contributed by atoms with van der Waals surface area (Å²) in [5.41, 5.74) is 8.50. The molecule has 1 heterocycles. The first-order chi connectivity index (χ1) is 8.34. The molecule has 0 radical (unpaired) electrons. The standard InChI is InChI=1S/C15H15NO.ClH/c16-13-10-15(11-6-2-1-3-7-11)17-14-9-5-4-8-12(13)14;/h1-9,13,15H,10,16H2;1H/t13-,15+;/m1./s1. The second-order valence-electron chi connectivity index (χ2n) is 4.40. The Kier molecular flexibility index (Phi) is 3.90. The van der Waals surface area contributed by atoms with Gasteiger partial charge in [-0.3, -0.25) is 0 Å². The first-order valence-corrected chi connectivity index (χ1v) is 5.91. The Balaban J connectivity index is 0.00000120. The van der Waals surface area contributed by atoms with Crippen molar-refractivity contribution in [1.29, 1.82) is 0 Å². The van der Waals surface area contributed by atoms with Crippen LogP contribution in [0, 0.1) is 0 Å². The van der Waals surface area contributed by atoms with Crippen molar-refractivity contribution in [2.24, 2.45) is 5.73 Å². The zero-order chi connectivity index (χ0) is 11.7. The van der Waals surface area contributed by atoms with Crippen molar-refractivity contribution in [2.75, 3.05) is 0 Å². The molecule has 3 heteroatoms. The molecule has 2 aromatic rings. The largest absolute Gasteiger partial charge is 0.485 e. The van der Waals surface area contributed by atoms with E-state index in [1.54, 1.807) is 0 Å². The van der Waals surface area contributed by atoms with E-state index in [9.17, 15) is 0 Å². The van der Waals surface area contributed by atoms with Gasteiger partial charge in [0.1, 0.15) is 11.9 Å². The third kappa shape index (κ3) is 2.35. The summed E-state index contributed by atoms with van der Waals surface area (Å²) in [4.78, 5) is 0. The Morgan fingerprint density at radius 3 is 2.39 bits per heavy atom. The zero-order valence-corrected chi connectivity index (χ0v) is 10.8. The highest BCUT2D eigenvalue weighted by atomic mass is 35.5. The summed E-state index contributed by atoms with van der Waals surface area (Å²) in [6, 6.07) is 18.3. The third-order valence-electron chi connectivity index (χ3n) is 3.23. The van der Waals surface area contributed by atoms with Gasteiger partial charge in [0.05, 0.1) is 0 Å². The number of rotatable bonds is 1. The van der Waals surface area contributed by atoms with Crippen LogP contribution in [0.15, 0.2) is 54.6 Å². The van der Waals surface area contributed by atoms with E-state index in [0.717, 1.165) is 17.7 Å². The van der Waals surface area contributed by atoms with Gasteiger partial charge in [-0.15, -0.1) is 12.4 Å². The lowest BCUT2D eigenvalue weighted by Crippen LogP contribution is -2.23. The Labute approximate surface area is 113 Å². The molecule has 18 heavy (non-hydrogen) atoms. The van der Waals surface area contributed by atoms with Crippen LogP contribution in [0.4, 0.5) is 0 Å². The number of para-hydroxylation sites is 1. The molecular weight excluding hydrogens is 246 g/mol. The van der Waals surface area contributed by atoms with E-state index in [1.807, 2.05) is 42.5 Å². The summed E-state index contributed by atoms with van der Waals surface area (Å²) in [6.45, 7) is 0. The van der Waals surface area contributed by atoms with Gasteiger partial charge in [-0.2, -0.15) is 0 Å². The first kappa shape index (κ1) is 12.9. The van der Waals surface area contributed by atoms with Gasteiger partial charge in [-0.1, -0.05) is 48.5 Å². The van der Waals surface area contributed by atoms with Crippen molar-refractivity contribution in [3.05, 3.63) is 65.7 Å². The van der Waals surface area contributed by atoms with E-state index in [2.05, 4.69) is 12.1 Å². The highest BCUT2D eigenvalue weighted by Gasteiger charge is 2.26. The average Bonchev–Trinajstić information content (AvgIpc) is 2.40. The molecule has 2 nitrogen and oxygen atoms in total. The van der Waals surface area contributed by atoms with Crippen LogP contribution >= 0.6 is 12.4 Å². The Morgan fingerprint density at radius 2 is 1.61 bits per heavy atom. The number of nitrogens with two attached hydrogens (primary N) is 1. The van der Waals surface area contributed by atoms with Crippen molar-refractivity contribution >= 4 is 12.4 Å². The summed E-state index contributed by atoms with van der Waals surface area (Å²) < 4.78 is 6.01. The van der Waals surface area contributed by atoms with E-state index >= 15 is 0 Å². The minimum absolute atomic E-state index is 0. The van der Waals surface area contributed by atoms with Crippen molar-refractivity contribution < 1.29 is 4.74 Å². The fraction of sp³-hybridized carbons (Fsp3) is 0.200. The topological polar surface area (TPSA) is 35.2 Å². The van der Waals surface area contributed by atoms with Crippen molar-refractivity contribution in [3.8, 4) is 5.75 Å². The lowest BCUT2D eigenvalue weighted by Gasteiger charge is -2.30. The van der Waals surface area contributed by atoms with Gasteiger partial charge in [-0.25, -0.2) is 0 Å². The summed E-state index contributed by atoms with van der Waals surface area (Å²) >= 11 is 0. The molecule has 2 atom stereocenters. The average molecular weight is 262 g/mol. The molecule has 94 valence electrons. The summed E-state index contributed by atoms with van der Waals surface area (Å²) in [7, 11) is 0. The minimum Gasteiger partial charge on any atom is -0.485 e. The van der Waals surface area contributed by atoms with Crippen molar-refractivity contribution in [3.63, 3.8) is 0 Å². The van der Waals surface area contributed by atoms with Crippen LogP contribution in [0.2, 0.25) is 0 Å². The van der Waals surface area contributed by atoms with Crippen LogP contribution in [-0.4, -0.2) is 0 Å². The van der Waals surface area contributed by atoms with Gasteiger partial charge < -0.3 is 10.5 Å². The van der Waals surface area contributed by atoms with Crippen LogP contribution in [0.1, 0.15) is 29.7 Å². The number of benzene rings is 2. The smallest absolute Gasteiger partial charge is 0.126 e. The Morgan fingerprint density at radius 1 is 0.944 bits per heavy atom. The Hall–Kier alpha value is -1.51. The van der Waals surface area contributed by atoms with Gasteiger partial charge in [0.25, 0.3) is 0 Å². The van der Waals surface area contributed by atoms with Crippen LogP contribution in [0.25, 0.3) is 0 Å². The maximum absolute atomic E-state index is 6.19. The lowest BCUT2D eigenvalue weighted by atomic mass is 9.94. The van der Waals surface area contributed by atoms with E-state index in [1.165, 1.54) is 5.56 Å². The zero-order valence-electron chi connectivity index (χ0n) is 9.95. The molecule has 0 amide bonds. The van der Waals surface area contributed by atoms with E-state index in [-0.39, 0.29) is 24.6 Å². The molecule has 0 aliphatic carbocycles.